The van der Waals surface area contributed by atoms with E-state index in [1.165, 1.54) is 4.57 Å². The van der Waals surface area contributed by atoms with Crippen LogP contribution in [0.4, 0.5) is 0 Å². The molecule has 2 N–H and O–H groups in total. The van der Waals surface area contributed by atoms with E-state index >= 15 is 0 Å². The lowest BCUT2D eigenvalue weighted by Gasteiger charge is -2.19. The molecule has 0 aliphatic heterocycles. The van der Waals surface area contributed by atoms with Gasteiger partial charge in [0.05, 0.1) is 11.1 Å². The SMILES string of the molecule is Cc1nc(-c2ccc(C(=O)NCc3c(C(=O)O)n(-c4ccccc4)c4cc(Cl)ccc4c3=O)cc2)no1. The number of halogens is 1. The minimum atomic E-state index is -1.31. The van der Waals surface area contributed by atoms with Crippen LogP contribution in [0.15, 0.2) is 82.1 Å². The summed E-state index contributed by atoms with van der Waals surface area (Å²) >= 11 is 6.19. The molecule has 0 unspecified atom stereocenters. The zero-order chi connectivity index (χ0) is 26.1. The van der Waals surface area contributed by atoms with E-state index in [1.807, 2.05) is 0 Å². The van der Waals surface area contributed by atoms with E-state index in [-0.39, 0.29) is 23.2 Å². The summed E-state index contributed by atoms with van der Waals surface area (Å²) in [7, 11) is 0. The number of hydrogen-bond donors (Lipinski definition) is 2. The van der Waals surface area contributed by atoms with Gasteiger partial charge in [0.15, 0.2) is 5.43 Å². The number of amides is 1. The lowest BCUT2D eigenvalue weighted by atomic mass is 10.1. The van der Waals surface area contributed by atoms with E-state index in [9.17, 15) is 19.5 Å². The molecule has 0 aliphatic carbocycles. The largest absolute Gasteiger partial charge is 0.477 e. The van der Waals surface area contributed by atoms with E-state index in [1.54, 1.807) is 79.7 Å². The van der Waals surface area contributed by atoms with E-state index in [4.69, 9.17) is 16.1 Å². The highest BCUT2D eigenvalue weighted by molar-refractivity contribution is 6.31. The molecule has 2 heterocycles. The summed E-state index contributed by atoms with van der Waals surface area (Å²) in [6, 6.07) is 19.9. The van der Waals surface area contributed by atoms with Crippen molar-refractivity contribution in [1.29, 1.82) is 0 Å². The zero-order valence-corrected chi connectivity index (χ0v) is 20.2. The fourth-order valence-corrected chi connectivity index (χ4v) is 4.27. The molecular weight excluding hydrogens is 496 g/mol. The minimum absolute atomic E-state index is 0.0570. The van der Waals surface area contributed by atoms with Gasteiger partial charge in [-0.1, -0.05) is 47.1 Å². The van der Waals surface area contributed by atoms with Gasteiger partial charge in [0.1, 0.15) is 5.69 Å². The summed E-state index contributed by atoms with van der Waals surface area (Å²) in [6.45, 7) is 1.38. The number of rotatable bonds is 6. The number of carbonyl (C=O) groups excluding carboxylic acids is 1. The maximum atomic E-state index is 13.4. The third kappa shape index (κ3) is 4.60. The number of para-hydroxylation sites is 1. The molecule has 0 saturated carbocycles. The van der Waals surface area contributed by atoms with Crippen LogP contribution >= 0.6 is 11.6 Å². The molecule has 5 rings (SSSR count). The Balaban J connectivity index is 1.54. The standard InChI is InChI=1S/C27H19ClN4O5/c1-15-30-25(31-37-15)16-7-9-17(10-8-16)26(34)29-14-21-23(27(35)36)32(19-5-3-2-4-6-19)22-13-18(28)11-12-20(22)24(21)33/h2-13H,14H2,1H3,(H,29,34)(H,35,36). The van der Waals surface area contributed by atoms with Crippen molar-refractivity contribution in [3.05, 3.63) is 111 Å². The number of aryl methyl sites for hydroxylation is 1. The second-order valence-electron chi connectivity index (χ2n) is 8.19. The van der Waals surface area contributed by atoms with Crippen molar-refractivity contribution < 1.29 is 19.2 Å². The Morgan fingerprint density at radius 1 is 1.05 bits per heavy atom. The lowest BCUT2D eigenvalue weighted by molar-refractivity contribution is 0.0685. The molecule has 0 bridgehead atoms. The summed E-state index contributed by atoms with van der Waals surface area (Å²) in [5.41, 5.74) is 1.06. The number of fused-ring (bicyclic) bond motifs is 1. The molecule has 0 atom stereocenters. The number of benzene rings is 3. The zero-order valence-electron chi connectivity index (χ0n) is 19.4. The van der Waals surface area contributed by atoms with E-state index in [0.29, 0.717) is 39.1 Å². The maximum Gasteiger partial charge on any atom is 0.353 e. The molecule has 5 aromatic rings. The first-order valence-corrected chi connectivity index (χ1v) is 11.6. The van der Waals surface area contributed by atoms with Crippen LogP contribution < -0.4 is 10.7 Å². The smallest absolute Gasteiger partial charge is 0.353 e. The van der Waals surface area contributed by atoms with Crippen LogP contribution in [0, 0.1) is 6.92 Å². The lowest BCUT2D eigenvalue weighted by Crippen LogP contribution is -2.30. The van der Waals surface area contributed by atoms with E-state index in [2.05, 4.69) is 15.5 Å². The summed E-state index contributed by atoms with van der Waals surface area (Å²) in [5.74, 6) is -0.973. The predicted molar refractivity (Wildman–Crippen MR) is 137 cm³/mol. The van der Waals surface area contributed by atoms with Crippen molar-refractivity contribution in [3.8, 4) is 17.1 Å². The van der Waals surface area contributed by atoms with Crippen LogP contribution in [0.2, 0.25) is 5.02 Å². The molecule has 0 spiro atoms. The van der Waals surface area contributed by atoms with E-state index in [0.717, 1.165) is 0 Å². The van der Waals surface area contributed by atoms with E-state index < -0.39 is 17.3 Å². The first-order chi connectivity index (χ1) is 17.8. The molecule has 1 amide bonds. The third-order valence-electron chi connectivity index (χ3n) is 5.80. The highest BCUT2D eigenvalue weighted by atomic mass is 35.5. The summed E-state index contributed by atoms with van der Waals surface area (Å²) < 4.78 is 6.44. The van der Waals surface area contributed by atoms with Gasteiger partial charge in [-0.05, 0) is 42.5 Å². The molecule has 2 aromatic heterocycles. The average molecular weight is 515 g/mol. The van der Waals surface area contributed by atoms with Gasteiger partial charge in [-0.25, -0.2) is 4.79 Å². The maximum absolute atomic E-state index is 13.4. The summed E-state index contributed by atoms with van der Waals surface area (Å²) in [6.07, 6.45) is 0. The molecule has 0 fully saturated rings. The molecular formula is C27H19ClN4O5. The molecule has 0 aliphatic rings. The highest BCUT2D eigenvalue weighted by Crippen LogP contribution is 2.25. The van der Waals surface area contributed by atoms with Gasteiger partial charge < -0.3 is 19.5 Å². The Hall–Kier alpha value is -4.76. The predicted octanol–water partition coefficient (Wildman–Crippen LogP) is 4.63. The van der Waals surface area contributed by atoms with Crippen LogP contribution in [0.5, 0.6) is 0 Å². The van der Waals surface area contributed by atoms with Crippen LogP contribution in [0.1, 0.15) is 32.3 Å². The number of nitrogens with zero attached hydrogens (tertiary/aromatic N) is 3. The number of hydrogen-bond acceptors (Lipinski definition) is 6. The Bertz CT molecular complexity index is 1710. The minimum Gasteiger partial charge on any atom is -0.477 e. The monoisotopic (exact) mass is 514 g/mol. The Morgan fingerprint density at radius 2 is 1.78 bits per heavy atom. The van der Waals surface area contributed by atoms with Crippen LogP contribution in [0.25, 0.3) is 28.0 Å². The number of carboxylic acids is 1. The molecule has 9 nitrogen and oxygen atoms in total. The Morgan fingerprint density at radius 3 is 2.43 bits per heavy atom. The first kappa shape index (κ1) is 24.0. The van der Waals surface area contributed by atoms with Crippen LogP contribution in [-0.4, -0.2) is 31.7 Å². The van der Waals surface area contributed by atoms with Crippen LogP contribution in [0.3, 0.4) is 0 Å². The molecule has 3 aromatic carbocycles. The van der Waals surface area contributed by atoms with Crippen molar-refractivity contribution in [2.24, 2.45) is 0 Å². The average Bonchev–Trinajstić information content (AvgIpc) is 3.34. The number of aromatic nitrogens is 3. The summed E-state index contributed by atoms with van der Waals surface area (Å²) in [4.78, 5) is 42.9. The van der Waals surface area contributed by atoms with Gasteiger partial charge in [-0.3, -0.25) is 9.59 Å². The normalized spacial score (nSPS) is 11.0. The fourth-order valence-electron chi connectivity index (χ4n) is 4.10. The molecule has 37 heavy (non-hydrogen) atoms. The molecule has 184 valence electrons. The Kier molecular flexibility index (Phi) is 6.29. The van der Waals surface area contributed by atoms with Crippen molar-refractivity contribution in [3.63, 3.8) is 0 Å². The second-order valence-corrected chi connectivity index (χ2v) is 8.63. The summed E-state index contributed by atoms with van der Waals surface area (Å²) in [5, 5.41) is 17.3. The number of nitrogens with one attached hydrogen (secondary N) is 1. The van der Waals surface area contributed by atoms with Gasteiger partial charge in [0, 0.05) is 40.7 Å². The number of pyridine rings is 1. The first-order valence-electron chi connectivity index (χ1n) is 11.2. The number of aromatic carboxylic acids is 1. The van der Waals surface area contributed by atoms with Gasteiger partial charge in [0.2, 0.25) is 11.7 Å². The fraction of sp³-hybridized carbons (Fsp3) is 0.0741. The van der Waals surface area contributed by atoms with Gasteiger partial charge in [-0.15, -0.1) is 0 Å². The van der Waals surface area contributed by atoms with Gasteiger partial charge in [-0.2, -0.15) is 4.98 Å². The second kappa shape index (κ2) is 9.71. The van der Waals surface area contributed by atoms with Gasteiger partial charge >= 0.3 is 5.97 Å². The number of carbonyl (C=O) groups is 2. The van der Waals surface area contributed by atoms with Crippen LogP contribution in [-0.2, 0) is 6.54 Å². The van der Waals surface area contributed by atoms with Crippen molar-refractivity contribution in [1.82, 2.24) is 20.0 Å². The molecule has 10 heteroatoms. The molecule has 0 radical (unpaired) electrons. The van der Waals surface area contributed by atoms with Crippen molar-refractivity contribution >= 4 is 34.4 Å². The van der Waals surface area contributed by atoms with Crippen molar-refractivity contribution in [2.75, 3.05) is 0 Å². The number of carboxylic acid groups (broad SMARTS) is 1. The van der Waals surface area contributed by atoms with Crippen molar-refractivity contribution in [2.45, 2.75) is 13.5 Å². The quantitative estimate of drug-likeness (QED) is 0.338. The Labute approximate surface area is 214 Å². The topological polar surface area (TPSA) is 127 Å². The highest BCUT2D eigenvalue weighted by Gasteiger charge is 2.24. The van der Waals surface area contributed by atoms with Gasteiger partial charge in [0.25, 0.3) is 5.91 Å². The third-order valence-corrected chi connectivity index (χ3v) is 6.04. The molecule has 0 saturated heterocycles.